The lowest BCUT2D eigenvalue weighted by Crippen LogP contribution is -2.42. The van der Waals surface area contributed by atoms with Gasteiger partial charge in [-0.1, -0.05) is 6.07 Å². The van der Waals surface area contributed by atoms with Crippen molar-refractivity contribution < 1.29 is 16.8 Å². The van der Waals surface area contributed by atoms with Gasteiger partial charge in [0.25, 0.3) is 0 Å². The van der Waals surface area contributed by atoms with Gasteiger partial charge in [-0.25, -0.2) is 37.5 Å². The molecule has 16 heteroatoms. The van der Waals surface area contributed by atoms with Gasteiger partial charge in [0.05, 0.1) is 11.0 Å². The van der Waals surface area contributed by atoms with E-state index in [2.05, 4.69) is 36.6 Å². The normalized spacial score (nSPS) is 16.5. The van der Waals surface area contributed by atoms with E-state index in [1.54, 1.807) is 24.5 Å². The van der Waals surface area contributed by atoms with Gasteiger partial charge in [0.1, 0.15) is 16.0 Å². The van der Waals surface area contributed by atoms with Gasteiger partial charge < -0.3 is 16.5 Å². The third kappa shape index (κ3) is 4.75. The van der Waals surface area contributed by atoms with Crippen molar-refractivity contribution >= 4 is 31.1 Å². The number of hydrogen-bond donors (Lipinski definition) is 9. The second-order valence-electron chi connectivity index (χ2n) is 7.35. The fraction of sp³-hybridized carbons (Fsp3) is 0.235. The molecule has 1 atom stereocenters. The first-order chi connectivity index (χ1) is 15.6. The Bertz CT molecular complexity index is 1380. The fourth-order valence-electron chi connectivity index (χ4n) is 3.48. The molecule has 0 saturated carbocycles. The minimum absolute atomic E-state index is 0.0379. The molecule has 0 spiro atoms. The first-order valence-corrected chi connectivity index (χ1v) is 12.7. The van der Waals surface area contributed by atoms with Gasteiger partial charge >= 0.3 is 0 Å². The van der Waals surface area contributed by atoms with Crippen LogP contribution in [0.5, 0.6) is 0 Å². The standard InChI is InChI=1S/C17H24N10O4S2/c18-6-10(19)8-23-33(30,31)14-2-1-11(9-5-13-12(22-7-9)3-4-21-13)15(16(14)32(20,28)29)17-24-26-27-25-17/h1-5,7,10,17,21,23-27H,6,8,18-19H2,(H2,20,28,29)/t10-/m0/s1. The average molecular weight is 497 g/mol. The number of hydrazine groups is 3. The predicted molar refractivity (Wildman–Crippen MR) is 120 cm³/mol. The molecule has 178 valence electrons. The third-order valence-corrected chi connectivity index (χ3v) is 7.67. The van der Waals surface area contributed by atoms with Crippen LogP contribution in [0.3, 0.4) is 0 Å². The van der Waals surface area contributed by atoms with Crippen molar-refractivity contribution in [2.24, 2.45) is 16.6 Å². The van der Waals surface area contributed by atoms with Gasteiger partial charge in [-0.15, -0.1) is 0 Å². The number of pyridine rings is 1. The highest BCUT2D eigenvalue weighted by Gasteiger charge is 2.34. The molecule has 0 radical (unpaired) electrons. The number of benzene rings is 1. The molecule has 1 aliphatic rings. The Morgan fingerprint density at radius 1 is 1.12 bits per heavy atom. The van der Waals surface area contributed by atoms with Gasteiger partial charge in [0.15, 0.2) is 0 Å². The summed E-state index contributed by atoms with van der Waals surface area (Å²) >= 11 is 0. The quantitative estimate of drug-likeness (QED) is 0.159. The van der Waals surface area contributed by atoms with Gasteiger partial charge in [-0.2, -0.15) is 11.1 Å². The molecule has 14 nitrogen and oxygen atoms in total. The van der Waals surface area contributed by atoms with Crippen molar-refractivity contribution in [1.29, 1.82) is 0 Å². The SMILES string of the molecule is NC[C@H](N)CNS(=O)(=O)c1ccc(-c2cnc3cc[nH]c3c2)c(C2NNNN2)c1S(N)(=O)=O. The average Bonchev–Trinajstić information content (AvgIpc) is 3.47. The van der Waals surface area contributed by atoms with Crippen molar-refractivity contribution in [3.8, 4) is 11.1 Å². The van der Waals surface area contributed by atoms with E-state index in [9.17, 15) is 16.8 Å². The van der Waals surface area contributed by atoms with E-state index in [0.29, 0.717) is 22.2 Å². The summed E-state index contributed by atoms with van der Waals surface area (Å²) in [4.78, 5) is 6.32. The summed E-state index contributed by atoms with van der Waals surface area (Å²) in [5.74, 6) is 0. The highest BCUT2D eigenvalue weighted by Crippen LogP contribution is 2.37. The number of hydrogen-bond acceptors (Lipinski definition) is 11. The highest BCUT2D eigenvalue weighted by atomic mass is 32.2. The molecule has 33 heavy (non-hydrogen) atoms. The number of aromatic amines is 1. The third-order valence-electron chi connectivity index (χ3n) is 5.07. The molecule has 1 aliphatic heterocycles. The zero-order valence-corrected chi connectivity index (χ0v) is 18.8. The number of primary sulfonamides is 1. The first kappa shape index (κ1) is 23.6. The Balaban J connectivity index is 1.96. The van der Waals surface area contributed by atoms with Crippen LogP contribution >= 0.6 is 0 Å². The lowest BCUT2D eigenvalue weighted by atomic mass is 9.99. The molecule has 2 aromatic heterocycles. The summed E-state index contributed by atoms with van der Waals surface area (Å²) in [6, 6.07) is 5.59. The molecule has 12 N–H and O–H groups in total. The lowest BCUT2D eigenvalue weighted by Gasteiger charge is -2.22. The number of aromatic nitrogens is 2. The Kier molecular flexibility index (Phi) is 6.47. The minimum atomic E-state index is -4.53. The largest absolute Gasteiger partial charge is 0.360 e. The summed E-state index contributed by atoms with van der Waals surface area (Å²) in [6.07, 6.45) is 2.42. The first-order valence-electron chi connectivity index (χ1n) is 9.71. The van der Waals surface area contributed by atoms with Gasteiger partial charge in [0, 0.05) is 42.7 Å². The lowest BCUT2D eigenvalue weighted by molar-refractivity contribution is 0.532. The second-order valence-corrected chi connectivity index (χ2v) is 10.6. The van der Waals surface area contributed by atoms with Crippen LogP contribution in [-0.2, 0) is 20.0 Å². The van der Waals surface area contributed by atoms with Gasteiger partial charge in [0.2, 0.25) is 20.0 Å². The monoisotopic (exact) mass is 496 g/mol. The Labute approximate surface area is 189 Å². The second kappa shape index (κ2) is 9.03. The molecule has 0 bridgehead atoms. The van der Waals surface area contributed by atoms with Crippen LogP contribution in [0.25, 0.3) is 22.2 Å². The van der Waals surface area contributed by atoms with Crippen molar-refractivity contribution in [2.75, 3.05) is 13.1 Å². The molecule has 3 heterocycles. The molecule has 1 fully saturated rings. The Morgan fingerprint density at radius 3 is 2.52 bits per heavy atom. The van der Waals surface area contributed by atoms with Crippen LogP contribution in [0.4, 0.5) is 0 Å². The molecule has 3 aromatic rings. The van der Waals surface area contributed by atoms with Crippen LogP contribution < -0.4 is 43.2 Å². The maximum Gasteiger partial charge on any atom is 0.241 e. The van der Waals surface area contributed by atoms with E-state index in [1.807, 2.05) is 0 Å². The van der Waals surface area contributed by atoms with E-state index < -0.39 is 42.0 Å². The smallest absolute Gasteiger partial charge is 0.241 e. The molecular formula is C17H24N10O4S2. The Hall–Kier alpha value is -2.51. The molecule has 0 unspecified atom stereocenters. The number of nitrogens with zero attached hydrogens (tertiary/aromatic N) is 1. The van der Waals surface area contributed by atoms with E-state index in [-0.39, 0.29) is 18.7 Å². The number of fused-ring (bicyclic) bond motifs is 1. The van der Waals surface area contributed by atoms with Crippen LogP contribution in [0.2, 0.25) is 0 Å². The van der Waals surface area contributed by atoms with E-state index in [0.717, 1.165) is 0 Å². The van der Waals surface area contributed by atoms with Crippen LogP contribution in [0, 0.1) is 0 Å². The van der Waals surface area contributed by atoms with Crippen molar-refractivity contribution in [3.05, 3.63) is 42.2 Å². The summed E-state index contributed by atoms with van der Waals surface area (Å²) in [5, 5.41) is 5.54. The van der Waals surface area contributed by atoms with Gasteiger partial charge in [-0.05, 0) is 23.8 Å². The fourth-order valence-corrected chi connectivity index (χ4v) is 6.23. The summed E-state index contributed by atoms with van der Waals surface area (Å²) in [7, 11) is -8.85. The van der Waals surface area contributed by atoms with Crippen LogP contribution in [-0.4, -0.2) is 45.9 Å². The maximum atomic E-state index is 13.1. The Morgan fingerprint density at radius 2 is 1.85 bits per heavy atom. The highest BCUT2D eigenvalue weighted by molar-refractivity contribution is 7.92. The predicted octanol–water partition coefficient (Wildman–Crippen LogP) is -2.44. The van der Waals surface area contributed by atoms with E-state index in [1.165, 1.54) is 12.1 Å². The molecular weight excluding hydrogens is 472 g/mol. The molecule has 0 aliphatic carbocycles. The molecule has 1 saturated heterocycles. The molecule has 0 amide bonds. The van der Waals surface area contributed by atoms with E-state index in [4.69, 9.17) is 16.6 Å². The summed E-state index contributed by atoms with van der Waals surface area (Å²) < 4.78 is 53.9. The zero-order chi connectivity index (χ0) is 23.8. The maximum absolute atomic E-state index is 13.1. The van der Waals surface area contributed by atoms with Gasteiger partial charge in [-0.3, -0.25) is 4.98 Å². The number of H-pyrrole nitrogens is 1. The minimum Gasteiger partial charge on any atom is -0.360 e. The summed E-state index contributed by atoms with van der Waals surface area (Å²) in [5.41, 5.74) is 24.4. The summed E-state index contributed by atoms with van der Waals surface area (Å²) in [6.45, 7) is -0.146. The van der Waals surface area contributed by atoms with E-state index >= 15 is 0 Å². The van der Waals surface area contributed by atoms with Crippen molar-refractivity contribution in [2.45, 2.75) is 22.0 Å². The number of nitrogens with two attached hydrogens (primary N) is 3. The molecule has 1 aromatic carbocycles. The number of rotatable bonds is 8. The van der Waals surface area contributed by atoms with Crippen LogP contribution in [0.1, 0.15) is 11.7 Å². The zero-order valence-electron chi connectivity index (χ0n) is 17.2. The van der Waals surface area contributed by atoms with Crippen molar-refractivity contribution in [3.63, 3.8) is 0 Å². The number of nitrogens with one attached hydrogen (secondary N) is 6. The molecule has 4 rings (SSSR count). The van der Waals surface area contributed by atoms with Crippen LogP contribution in [0.15, 0.2) is 46.5 Å². The number of sulfonamides is 2. The van der Waals surface area contributed by atoms with Crippen molar-refractivity contribution in [1.82, 2.24) is 36.6 Å². The topological polar surface area (TPSA) is 235 Å².